The molecule has 0 aromatic heterocycles. The molecule has 2 unspecified atom stereocenters. The third-order valence-electron chi connectivity index (χ3n) is 4.57. The van der Waals surface area contributed by atoms with Gasteiger partial charge in [-0.15, -0.1) is 0 Å². The number of rotatable bonds is 3. The molecule has 0 aliphatic carbocycles. The Morgan fingerprint density at radius 2 is 1.71 bits per heavy atom. The quantitative estimate of drug-likeness (QED) is 0.832. The molecule has 0 radical (unpaired) electrons. The minimum atomic E-state index is -1.24. The highest BCUT2D eigenvalue weighted by Gasteiger charge is 2.49. The van der Waals surface area contributed by atoms with E-state index in [2.05, 4.69) is 20.9 Å². The molecule has 2 aromatic rings. The Morgan fingerprint density at radius 1 is 1.08 bits per heavy atom. The number of allylic oxidation sites excluding steroid dienone is 1. The van der Waals surface area contributed by atoms with Crippen molar-refractivity contribution in [3.05, 3.63) is 81.3 Å². The van der Waals surface area contributed by atoms with Gasteiger partial charge in [0.1, 0.15) is 5.41 Å². The molecule has 1 aliphatic rings. The molecule has 4 heteroatoms. The number of hydrogen-bond donors (Lipinski definition) is 1. The summed E-state index contributed by atoms with van der Waals surface area (Å²) in [4.78, 5) is 17.1. The number of dihydropyridines is 1. The second-order valence-electron chi connectivity index (χ2n) is 6.06. The molecule has 3 rings (SSSR count). The molecule has 0 bridgehead atoms. The molecular weight excluding hydrogens is 366 g/mol. The molecule has 0 fully saturated rings. The second-order valence-corrected chi connectivity index (χ2v) is 6.97. The number of aryl methyl sites for hydroxylation is 2. The van der Waals surface area contributed by atoms with E-state index < -0.39 is 17.4 Å². The standard InChI is InChI=1S/C20H18BrNO2/c1-13-7-3-5-9-16(13)18-20(19(23)24,11-15(21)12-22-18)17-10-6-4-8-14(17)2/h3-12,18H,1-2H3,(H,23,24). The Kier molecular flexibility index (Phi) is 4.41. The van der Waals surface area contributed by atoms with Gasteiger partial charge in [0.05, 0.1) is 6.04 Å². The van der Waals surface area contributed by atoms with Crippen molar-refractivity contribution in [1.29, 1.82) is 0 Å². The molecule has 2 atom stereocenters. The van der Waals surface area contributed by atoms with Gasteiger partial charge in [0, 0.05) is 10.7 Å². The maximum absolute atomic E-state index is 12.5. The van der Waals surface area contributed by atoms with Crippen LogP contribution in [0.2, 0.25) is 0 Å². The lowest BCUT2D eigenvalue weighted by molar-refractivity contribution is -0.142. The minimum Gasteiger partial charge on any atom is -0.480 e. The van der Waals surface area contributed by atoms with Gasteiger partial charge < -0.3 is 5.11 Å². The van der Waals surface area contributed by atoms with Gasteiger partial charge in [0.2, 0.25) is 0 Å². The van der Waals surface area contributed by atoms with Crippen molar-refractivity contribution in [2.24, 2.45) is 4.99 Å². The van der Waals surface area contributed by atoms with E-state index in [-0.39, 0.29) is 0 Å². The van der Waals surface area contributed by atoms with Crippen molar-refractivity contribution >= 4 is 28.1 Å². The third kappa shape index (κ3) is 2.61. The van der Waals surface area contributed by atoms with Gasteiger partial charge in [-0.2, -0.15) is 0 Å². The van der Waals surface area contributed by atoms with Gasteiger partial charge in [0.25, 0.3) is 0 Å². The number of benzene rings is 2. The van der Waals surface area contributed by atoms with Crippen LogP contribution in [0.25, 0.3) is 0 Å². The predicted octanol–water partition coefficient (Wildman–Crippen LogP) is 4.73. The maximum atomic E-state index is 12.5. The molecule has 24 heavy (non-hydrogen) atoms. The van der Waals surface area contributed by atoms with E-state index in [0.29, 0.717) is 4.48 Å². The van der Waals surface area contributed by atoms with Crippen LogP contribution in [-0.2, 0) is 10.2 Å². The lowest BCUT2D eigenvalue weighted by Gasteiger charge is -2.37. The molecule has 2 aromatic carbocycles. The summed E-state index contributed by atoms with van der Waals surface area (Å²) in [6.45, 7) is 3.93. The number of halogens is 1. The van der Waals surface area contributed by atoms with Crippen molar-refractivity contribution in [3.63, 3.8) is 0 Å². The molecule has 0 amide bonds. The minimum absolute atomic E-state index is 0.515. The highest BCUT2D eigenvalue weighted by atomic mass is 79.9. The molecule has 1 N–H and O–H groups in total. The van der Waals surface area contributed by atoms with E-state index in [4.69, 9.17) is 0 Å². The largest absolute Gasteiger partial charge is 0.480 e. The van der Waals surface area contributed by atoms with Gasteiger partial charge in [-0.25, -0.2) is 0 Å². The van der Waals surface area contributed by atoms with E-state index in [1.165, 1.54) is 0 Å². The smallest absolute Gasteiger partial charge is 0.320 e. The number of aliphatic imine (C=N–C) groups is 1. The van der Waals surface area contributed by atoms with Crippen LogP contribution >= 0.6 is 15.9 Å². The van der Waals surface area contributed by atoms with E-state index in [0.717, 1.165) is 22.3 Å². The average molecular weight is 384 g/mol. The zero-order valence-corrected chi connectivity index (χ0v) is 15.1. The topological polar surface area (TPSA) is 49.7 Å². The Hall–Kier alpha value is -2.20. The van der Waals surface area contributed by atoms with E-state index in [1.807, 2.05) is 62.4 Å². The van der Waals surface area contributed by atoms with Gasteiger partial charge in [-0.05, 0) is 58.1 Å². The molecule has 0 saturated heterocycles. The van der Waals surface area contributed by atoms with Crippen LogP contribution in [0.4, 0.5) is 0 Å². The second kappa shape index (κ2) is 6.36. The molecule has 0 saturated carbocycles. The predicted molar refractivity (Wildman–Crippen MR) is 99.9 cm³/mol. The van der Waals surface area contributed by atoms with Crippen LogP contribution in [-0.4, -0.2) is 17.3 Å². The fourth-order valence-corrected chi connectivity index (χ4v) is 3.85. The van der Waals surface area contributed by atoms with Crippen molar-refractivity contribution in [2.75, 3.05) is 0 Å². The number of aliphatic carboxylic acids is 1. The normalized spacial score (nSPS) is 23.0. The molecule has 0 spiro atoms. The molecule has 122 valence electrons. The summed E-state index contributed by atoms with van der Waals surface area (Å²) in [6.07, 6.45) is 3.46. The lowest BCUT2D eigenvalue weighted by atomic mass is 9.69. The molecule has 1 heterocycles. The highest BCUT2D eigenvalue weighted by molar-refractivity contribution is 9.12. The van der Waals surface area contributed by atoms with Gasteiger partial charge in [-0.1, -0.05) is 48.5 Å². The first-order valence-corrected chi connectivity index (χ1v) is 8.52. The number of hydrogen-bond acceptors (Lipinski definition) is 2. The van der Waals surface area contributed by atoms with Crippen LogP contribution in [0, 0.1) is 13.8 Å². The number of carboxylic acid groups (broad SMARTS) is 1. The Bertz CT molecular complexity index is 856. The average Bonchev–Trinajstić information content (AvgIpc) is 2.56. The fraction of sp³-hybridized carbons (Fsp3) is 0.200. The van der Waals surface area contributed by atoms with E-state index in [9.17, 15) is 9.90 Å². The zero-order valence-electron chi connectivity index (χ0n) is 13.5. The Balaban J connectivity index is 2.32. The van der Waals surface area contributed by atoms with Crippen molar-refractivity contribution in [2.45, 2.75) is 25.3 Å². The summed E-state index contributed by atoms with van der Waals surface area (Å²) in [7, 11) is 0. The Morgan fingerprint density at radius 3 is 2.33 bits per heavy atom. The summed E-state index contributed by atoms with van der Waals surface area (Å²) in [5.74, 6) is -0.904. The van der Waals surface area contributed by atoms with Crippen molar-refractivity contribution in [1.82, 2.24) is 0 Å². The first kappa shape index (κ1) is 16.7. The van der Waals surface area contributed by atoms with Crippen LogP contribution < -0.4 is 0 Å². The van der Waals surface area contributed by atoms with Crippen LogP contribution in [0.15, 0.2) is 64.1 Å². The van der Waals surface area contributed by atoms with E-state index in [1.54, 1.807) is 12.3 Å². The SMILES string of the molecule is Cc1ccccc1C1N=CC(Br)=CC1(C(=O)O)c1ccccc1C. The van der Waals surface area contributed by atoms with Crippen LogP contribution in [0.3, 0.4) is 0 Å². The van der Waals surface area contributed by atoms with Gasteiger partial charge in [0.15, 0.2) is 0 Å². The Labute approximate surface area is 149 Å². The lowest BCUT2D eigenvalue weighted by Crippen LogP contribution is -2.42. The fourth-order valence-electron chi connectivity index (χ4n) is 3.37. The van der Waals surface area contributed by atoms with Crippen molar-refractivity contribution < 1.29 is 9.90 Å². The maximum Gasteiger partial charge on any atom is 0.320 e. The van der Waals surface area contributed by atoms with E-state index >= 15 is 0 Å². The molecule has 3 nitrogen and oxygen atoms in total. The number of nitrogens with zero attached hydrogens (tertiary/aromatic N) is 1. The molecule has 1 aliphatic heterocycles. The third-order valence-corrected chi connectivity index (χ3v) is 5.01. The van der Waals surface area contributed by atoms with Crippen LogP contribution in [0.1, 0.15) is 28.3 Å². The zero-order chi connectivity index (χ0) is 17.3. The van der Waals surface area contributed by atoms with Crippen molar-refractivity contribution in [3.8, 4) is 0 Å². The summed E-state index contributed by atoms with van der Waals surface area (Å²) >= 11 is 3.42. The summed E-state index contributed by atoms with van der Waals surface area (Å²) in [5.41, 5.74) is 2.41. The van der Waals surface area contributed by atoms with Gasteiger partial charge in [-0.3, -0.25) is 9.79 Å². The van der Waals surface area contributed by atoms with Gasteiger partial charge >= 0.3 is 5.97 Å². The number of carbonyl (C=O) groups is 1. The summed E-state index contributed by atoms with van der Waals surface area (Å²) in [5, 5.41) is 10.3. The monoisotopic (exact) mass is 383 g/mol. The highest BCUT2D eigenvalue weighted by Crippen LogP contribution is 2.46. The molecular formula is C20H18BrNO2. The first-order valence-electron chi connectivity index (χ1n) is 7.73. The summed E-state index contributed by atoms with van der Waals surface area (Å²) in [6, 6.07) is 14.9. The van der Waals surface area contributed by atoms with Crippen LogP contribution in [0.5, 0.6) is 0 Å². The number of carboxylic acids is 1. The first-order chi connectivity index (χ1) is 11.5. The summed E-state index contributed by atoms with van der Waals surface area (Å²) < 4.78 is 0.679.